The maximum absolute atomic E-state index is 12.6. The quantitative estimate of drug-likeness (QED) is 0.840. The van der Waals surface area contributed by atoms with Gasteiger partial charge in [0.1, 0.15) is 4.88 Å². The van der Waals surface area contributed by atoms with Crippen LogP contribution in [0.1, 0.15) is 28.7 Å². The summed E-state index contributed by atoms with van der Waals surface area (Å²) in [5.74, 6) is -0.0512. The second-order valence-electron chi connectivity index (χ2n) is 5.99. The molecule has 3 heterocycles. The van der Waals surface area contributed by atoms with Gasteiger partial charge in [0, 0.05) is 26.2 Å². The van der Waals surface area contributed by atoms with Gasteiger partial charge in [-0.15, -0.1) is 5.10 Å². The maximum atomic E-state index is 12.6. The minimum absolute atomic E-state index is 0.0512. The van der Waals surface area contributed by atoms with Gasteiger partial charge in [-0.05, 0) is 24.4 Å². The lowest BCUT2D eigenvalue weighted by atomic mass is 10.0. The molecule has 1 aromatic heterocycles. The summed E-state index contributed by atoms with van der Waals surface area (Å²) in [7, 11) is 0. The molecular weight excluding hydrogens is 304 g/mol. The van der Waals surface area contributed by atoms with E-state index >= 15 is 0 Å². The molecule has 1 aromatic rings. The molecule has 0 aromatic carbocycles. The fraction of sp³-hybridized carbons (Fsp3) is 0.786. The standard InChI is InChI=1S/C14H22N4O3S/c1-2-11-12(22-16-15-11)13(19)18-4-3-14(20,10-18)9-17-5-7-21-8-6-17/h20H,2-10H2,1H3/t14-/m1/s1. The molecule has 1 N–H and O–H groups in total. The van der Waals surface area contributed by atoms with Gasteiger partial charge in [0.15, 0.2) is 0 Å². The molecule has 2 aliphatic rings. The van der Waals surface area contributed by atoms with Crippen LogP contribution in [0.2, 0.25) is 0 Å². The normalized spacial score (nSPS) is 26.5. The molecule has 0 bridgehead atoms. The van der Waals surface area contributed by atoms with E-state index in [4.69, 9.17) is 4.74 Å². The molecule has 1 atom stereocenters. The van der Waals surface area contributed by atoms with E-state index in [2.05, 4.69) is 14.5 Å². The molecule has 2 aliphatic heterocycles. The zero-order valence-corrected chi connectivity index (χ0v) is 13.6. The third-order valence-electron chi connectivity index (χ3n) is 4.33. The number of hydrogen-bond acceptors (Lipinski definition) is 7. The van der Waals surface area contributed by atoms with E-state index in [-0.39, 0.29) is 5.91 Å². The number of aliphatic hydroxyl groups is 1. The lowest BCUT2D eigenvalue weighted by molar-refractivity contribution is -0.0257. The summed E-state index contributed by atoms with van der Waals surface area (Å²) >= 11 is 1.14. The first-order valence-electron chi connectivity index (χ1n) is 7.74. The molecule has 7 nitrogen and oxygen atoms in total. The SMILES string of the molecule is CCc1nnsc1C(=O)N1CC[C@@](O)(CN2CCOCC2)C1. The van der Waals surface area contributed by atoms with Crippen LogP contribution in [0.3, 0.4) is 0 Å². The van der Waals surface area contributed by atoms with Gasteiger partial charge in [-0.2, -0.15) is 0 Å². The molecule has 3 rings (SSSR count). The second-order valence-corrected chi connectivity index (χ2v) is 6.75. The number of aryl methyl sites for hydroxylation is 1. The predicted molar refractivity (Wildman–Crippen MR) is 82.0 cm³/mol. The lowest BCUT2D eigenvalue weighted by Gasteiger charge is -2.33. The molecule has 2 saturated heterocycles. The van der Waals surface area contributed by atoms with Crippen LogP contribution in [-0.4, -0.2) is 81.9 Å². The number of carbonyl (C=O) groups excluding carboxylic acids is 1. The molecule has 0 unspecified atom stereocenters. The van der Waals surface area contributed by atoms with E-state index in [9.17, 15) is 9.90 Å². The van der Waals surface area contributed by atoms with Gasteiger partial charge in [-0.3, -0.25) is 9.69 Å². The van der Waals surface area contributed by atoms with Crippen molar-refractivity contribution in [2.75, 3.05) is 45.9 Å². The molecule has 22 heavy (non-hydrogen) atoms. The maximum Gasteiger partial charge on any atom is 0.267 e. The highest BCUT2D eigenvalue weighted by Crippen LogP contribution is 2.26. The Morgan fingerprint density at radius 2 is 2.18 bits per heavy atom. The molecule has 2 fully saturated rings. The zero-order valence-electron chi connectivity index (χ0n) is 12.8. The van der Waals surface area contributed by atoms with Crippen molar-refractivity contribution in [1.29, 1.82) is 0 Å². The average Bonchev–Trinajstić information content (AvgIpc) is 3.14. The number of aromatic nitrogens is 2. The number of rotatable bonds is 4. The Kier molecular flexibility index (Phi) is 4.72. The van der Waals surface area contributed by atoms with Crippen LogP contribution in [0.4, 0.5) is 0 Å². The number of ether oxygens (including phenoxy) is 1. The Labute approximate surface area is 134 Å². The summed E-state index contributed by atoms with van der Waals surface area (Å²) in [4.78, 5) is 17.1. The first kappa shape index (κ1) is 15.8. The monoisotopic (exact) mass is 326 g/mol. The van der Waals surface area contributed by atoms with Gasteiger partial charge < -0.3 is 14.7 Å². The minimum Gasteiger partial charge on any atom is -0.387 e. The second kappa shape index (κ2) is 6.57. The number of carbonyl (C=O) groups is 1. The van der Waals surface area contributed by atoms with E-state index in [1.807, 2.05) is 6.92 Å². The average molecular weight is 326 g/mol. The van der Waals surface area contributed by atoms with E-state index in [1.165, 1.54) is 0 Å². The molecule has 0 spiro atoms. The highest BCUT2D eigenvalue weighted by Gasteiger charge is 2.40. The highest BCUT2D eigenvalue weighted by atomic mass is 32.1. The van der Waals surface area contributed by atoms with Crippen molar-refractivity contribution in [3.8, 4) is 0 Å². The Morgan fingerprint density at radius 3 is 2.91 bits per heavy atom. The fourth-order valence-corrected chi connectivity index (χ4v) is 3.80. The summed E-state index contributed by atoms with van der Waals surface area (Å²) in [6, 6.07) is 0. The summed E-state index contributed by atoms with van der Waals surface area (Å²) in [6.07, 6.45) is 1.31. The Morgan fingerprint density at radius 1 is 1.41 bits per heavy atom. The van der Waals surface area contributed by atoms with Crippen LogP contribution in [0, 0.1) is 0 Å². The van der Waals surface area contributed by atoms with E-state index in [0.29, 0.717) is 50.6 Å². The van der Waals surface area contributed by atoms with E-state index < -0.39 is 5.60 Å². The molecule has 1 amide bonds. The molecule has 0 radical (unpaired) electrons. The van der Waals surface area contributed by atoms with Crippen molar-refractivity contribution in [2.45, 2.75) is 25.4 Å². The molecule has 122 valence electrons. The number of hydrogen-bond donors (Lipinski definition) is 1. The van der Waals surface area contributed by atoms with Crippen molar-refractivity contribution in [1.82, 2.24) is 19.4 Å². The van der Waals surface area contributed by atoms with Gasteiger partial charge in [-0.1, -0.05) is 11.4 Å². The molecule has 0 aliphatic carbocycles. The first-order chi connectivity index (χ1) is 10.6. The number of nitrogens with zero attached hydrogens (tertiary/aromatic N) is 4. The Hall–Kier alpha value is -1.09. The van der Waals surface area contributed by atoms with Crippen molar-refractivity contribution in [3.05, 3.63) is 10.6 Å². The van der Waals surface area contributed by atoms with Crippen LogP contribution in [0.15, 0.2) is 0 Å². The summed E-state index contributed by atoms with van der Waals surface area (Å²) < 4.78 is 9.21. The van der Waals surface area contributed by atoms with Gasteiger partial charge in [-0.25, -0.2) is 0 Å². The Balaban J connectivity index is 1.62. The van der Waals surface area contributed by atoms with Gasteiger partial charge in [0.05, 0.1) is 31.1 Å². The van der Waals surface area contributed by atoms with E-state index in [0.717, 1.165) is 30.3 Å². The minimum atomic E-state index is -0.822. The number of amides is 1. The zero-order chi connectivity index (χ0) is 15.6. The molecule has 8 heteroatoms. The highest BCUT2D eigenvalue weighted by molar-refractivity contribution is 7.08. The summed E-state index contributed by atoms with van der Waals surface area (Å²) in [5, 5.41) is 14.8. The van der Waals surface area contributed by atoms with Crippen LogP contribution in [0.25, 0.3) is 0 Å². The van der Waals surface area contributed by atoms with Gasteiger partial charge in [0.2, 0.25) is 0 Å². The van der Waals surface area contributed by atoms with Crippen LogP contribution < -0.4 is 0 Å². The van der Waals surface area contributed by atoms with Crippen LogP contribution in [0.5, 0.6) is 0 Å². The van der Waals surface area contributed by atoms with Gasteiger partial charge >= 0.3 is 0 Å². The largest absolute Gasteiger partial charge is 0.387 e. The van der Waals surface area contributed by atoms with Crippen molar-refractivity contribution >= 4 is 17.4 Å². The summed E-state index contributed by atoms with van der Waals surface area (Å²) in [6.45, 7) is 6.64. The topological polar surface area (TPSA) is 78.8 Å². The third kappa shape index (κ3) is 3.29. The van der Waals surface area contributed by atoms with Crippen molar-refractivity contribution < 1.29 is 14.6 Å². The number of β-amino-alcohol motifs (C(OH)–C–C–N with tert-alkyl or cyclic N) is 1. The predicted octanol–water partition coefficient (Wildman–Crippen LogP) is 0.00970. The third-order valence-corrected chi connectivity index (χ3v) is 5.08. The van der Waals surface area contributed by atoms with E-state index in [1.54, 1.807) is 4.90 Å². The number of morpholine rings is 1. The first-order valence-corrected chi connectivity index (χ1v) is 8.51. The van der Waals surface area contributed by atoms with Crippen molar-refractivity contribution in [3.63, 3.8) is 0 Å². The van der Waals surface area contributed by atoms with Crippen LogP contribution >= 0.6 is 11.5 Å². The van der Waals surface area contributed by atoms with Gasteiger partial charge in [0.25, 0.3) is 5.91 Å². The summed E-state index contributed by atoms with van der Waals surface area (Å²) in [5.41, 5.74) is -0.0732. The molecule has 0 saturated carbocycles. The Bertz CT molecular complexity index is 532. The number of likely N-dealkylation sites (tertiary alicyclic amines) is 1. The smallest absolute Gasteiger partial charge is 0.267 e. The van der Waals surface area contributed by atoms with Crippen LogP contribution in [-0.2, 0) is 11.2 Å². The van der Waals surface area contributed by atoms with Crippen molar-refractivity contribution in [2.24, 2.45) is 0 Å². The molecular formula is C14H22N4O3S. The lowest BCUT2D eigenvalue weighted by Crippen LogP contribution is -2.49. The fourth-order valence-electron chi connectivity index (χ4n) is 3.08.